The van der Waals surface area contributed by atoms with Crippen LogP contribution in [0.2, 0.25) is 0 Å². The highest BCUT2D eigenvalue weighted by Crippen LogP contribution is 2.11. The van der Waals surface area contributed by atoms with Gasteiger partial charge in [-0.25, -0.2) is 4.68 Å². The van der Waals surface area contributed by atoms with Crippen LogP contribution >= 0.6 is 0 Å². The molecule has 3 rings (SSSR count). The van der Waals surface area contributed by atoms with Crippen LogP contribution < -0.4 is 0 Å². The molecule has 0 spiro atoms. The third-order valence-corrected chi connectivity index (χ3v) is 4.52. The molecule has 134 valence electrons. The van der Waals surface area contributed by atoms with Gasteiger partial charge in [0.25, 0.3) is 0 Å². The summed E-state index contributed by atoms with van der Waals surface area (Å²) < 4.78 is 13.0. The summed E-state index contributed by atoms with van der Waals surface area (Å²) >= 11 is 0. The fraction of sp³-hybridized carbons (Fsp3) is 0.867. The molecule has 0 N–H and O–H groups in total. The molecule has 0 aliphatic carbocycles. The zero-order valence-electron chi connectivity index (χ0n) is 14.3. The van der Waals surface area contributed by atoms with E-state index in [1.165, 1.54) is 0 Å². The summed E-state index contributed by atoms with van der Waals surface area (Å²) in [5.74, 6) is 0.870. The molecule has 1 aromatic heterocycles. The lowest BCUT2D eigenvalue weighted by Crippen LogP contribution is -2.46. The fourth-order valence-electron chi connectivity index (χ4n) is 3.12. The van der Waals surface area contributed by atoms with E-state index in [0.717, 1.165) is 51.6 Å². The smallest absolute Gasteiger partial charge is 0.224 e. The minimum atomic E-state index is 0.0734. The van der Waals surface area contributed by atoms with Crippen molar-refractivity contribution in [1.82, 2.24) is 30.0 Å². The van der Waals surface area contributed by atoms with E-state index >= 15 is 0 Å². The van der Waals surface area contributed by atoms with Crippen LogP contribution in [0.1, 0.15) is 18.7 Å². The van der Waals surface area contributed by atoms with E-state index in [2.05, 4.69) is 20.4 Å². The van der Waals surface area contributed by atoms with E-state index in [1.54, 1.807) is 4.68 Å². The molecule has 0 unspecified atom stereocenters. The monoisotopic (exact) mass is 338 g/mol. The van der Waals surface area contributed by atoms with Gasteiger partial charge in [-0.05, 0) is 23.8 Å². The first-order chi connectivity index (χ1) is 11.7. The van der Waals surface area contributed by atoms with Gasteiger partial charge in [0.2, 0.25) is 5.91 Å². The molecule has 2 aliphatic rings. The molecular formula is C15H26N6O3. The maximum Gasteiger partial charge on any atom is 0.224 e. The Bertz CT molecular complexity index is 531. The van der Waals surface area contributed by atoms with Crippen molar-refractivity contribution >= 4 is 5.91 Å². The predicted octanol–water partition coefficient (Wildman–Crippen LogP) is -0.679. The number of carbonyl (C=O) groups excluding carboxylic acids is 1. The van der Waals surface area contributed by atoms with Gasteiger partial charge in [-0.2, -0.15) is 0 Å². The largest absolute Gasteiger partial charge is 0.379 e. The second-order valence-corrected chi connectivity index (χ2v) is 6.30. The van der Waals surface area contributed by atoms with Gasteiger partial charge in [-0.1, -0.05) is 0 Å². The second kappa shape index (κ2) is 8.50. The summed E-state index contributed by atoms with van der Waals surface area (Å²) in [6, 6.07) is 0. The lowest BCUT2D eigenvalue weighted by Gasteiger charge is -2.31. The van der Waals surface area contributed by atoms with Crippen molar-refractivity contribution < 1.29 is 14.3 Å². The molecule has 0 radical (unpaired) electrons. The number of aryl methyl sites for hydroxylation is 2. The van der Waals surface area contributed by atoms with Crippen LogP contribution in [0.15, 0.2) is 0 Å². The molecule has 24 heavy (non-hydrogen) atoms. The SMILES string of the molecule is Cc1nnnn1CCC(=O)N1CCCO[C@H](CN2CCOCC2)C1. The van der Waals surface area contributed by atoms with E-state index in [4.69, 9.17) is 9.47 Å². The van der Waals surface area contributed by atoms with E-state index in [-0.39, 0.29) is 12.0 Å². The normalized spacial score (nSPS) is 23.2. The number of hydrogen-bond acceptors (Lipinski definition) is 7. The van der Waals surface area contributed by atoms with Gasteiger partial charge in [0.05, 0.1) is 25.9 Å². The Morgan fingerprint density at radius 1 is 1.25 bits per heavy atom. The highest BCUT2D eigenvalue weighted by molar-refractivity contribution is 5.76. The molecule has 0 bridgehead atoms. The molecule has 2 fully saturated rings. The number of carbonyl (C=O) groups is 1. The summed E-state index contributed by atoms with van der Waals surface area (Å²) in [5, 5.41) is 11.3. The van der Waals surface area contributed by atoms with Crippen LogP contribution in [0.5, 0.6) is 0 Å². The van der Waals surface area contributed by atoms with Gasteiger partial charge in [0.15, 0.2) is 0 Å². The maximum absolute atomic E-state index is 12.5. The van der Waals surface area contributed by atoms with Crippen LogP contribution in [-0.2, 0) is 20.8 Å². The highest BCUT2D eigenvalue weighted by Gasteiger charge is 2.25. The third kappa shape index (κ3) is 4.71. The Morgan fingerprint density at radius 3 is 2.83 bits per heavy atom. The number of rotatable bonds is 5. The van der Waals surface area contributed by atoms with Crippen molar-refractivity contribution in [2.24, 2.45) is 0 Å². The second-order valence-electron chi connectivity index (χ2n) is 6.30. The van der Waals surface area contributed by atoms with Gasteiger partial charge >= 0.3 is 0 Å². The molecule has 1 amide bonds. The van der Waals surface area contributed by atoms with Crippen molar-refractivity contribution in [1.29, 1.82) is 0 Å². The van der Waals surface area contributed by atoms with Crippen LogP contribution in [-0.4, -0.2) is 94.6 Å². The number of tetrazole rings is 1. The Balaban J connectivity index is 1.49. The maximum atomic E-state index is 12.5. The third-order valence-electron chi connectivity index (χ3n) is 4.52. The van der Waals surface area contributed by atoms with E-state index in [9.17, 15) is 4.79 Å². The first-order valence-corrected chi connectivity index (χ1v) is 8.64. The van der Waals surface area contributed by atoms with E-state index in [0.29, 0.717) is 26.1 Å². The fourth-order valence-corrected chi connectivity index (χ4v) is 3.12. The number of hydrogen-bond donors (Lipinski definition) is 0. The number of aromatic nitrogens is 4. The summed E-state index contributed by atoms with van der Waals surface area (Å²) in [4.78, 5) is 16.8. The van der Waals surface area contributed by atoms with E-state index < -0.39 is 0 Å². The first kappa shape index (κ1) is 17.2. The minimum absolute atomic E-state index is 0.0734. The van der Waals surface area contributed by atoms with Crippen molar-refractivity contribution in [2.75, 3.05) is 52.5 Å². The molecule has 2 aliphatic heterocycles. The number of nitrogens with zero attached hydrogens (tertiary/aromatic N) is 6. The molecule has 1 aromatic rings. The average molecular weight is 338 g/mol. The first-order valence-electron chi connectivity index (χ1n) is 8.64. The van der Waals surface area contributed by atoms with Crippen LogP contribution in [0.3, 0.4) is 0 Å². The lowest BCUT2D eigenvalue weighted by molar-refractivity contribution is -0.132. The zero-order chi connectivity index (χ0) is 16.8. The zero-order valence-corrected chi connectivity index (χ0v) is 14.3. The van der Waals surface area contributed by atoms with E-state index in [1.807, 2.05) is 11.8 Å². The molecule has 3 heterocycles. The molecule has 0 saturated carbocycles. The summed E-state index contributed by atoms with van der Waals surface area (Å²) in [6.07, 6.45) is 1.37. The van der Waals surface area contributed by atoms with Crippen molar-refractivity contribution in [3.8, 4) is 0 Å². The van der Waals surface area contributed by atoms with Gasteiger partial charge in [-0.15, -0.1) is 5.10 Å². The number of amides is 1. The van der Waals surface area contributed by atoms with Gasteiger partial charge in [0, 0.05) is 45.8 Å². The Kier molecular flexibility index (Phi) is 6.11. The van der Waals surface area contributed by atoms with Crippen molar-refractivity contribution in [3.05, 3.63) is 5.82 Å². The summed E-state index contributed by atoms with van der Waals surface area (Å²) in [5.41, 5.74) is 0. The number of morpholine rings is 1. The Morgan fingerprint density at radius 2 is 2.08 bits per heavy atom. The van der Waals surface area contributed by atoms with Crippen LogP contribution in [0.25, 0.3) is 0 Å². The standard InChI is InChI=1S/C15H26N6O3/c1-13-16-17-18-21(13)5-3-15(22)20-4-2-8-24-14(12-20)11-19-6-9-23-10-7-19/h14H,2-12H2,1H3/t14-/m1/s1. The molecule has 1 atom stereocenters. The lowest BCUT2D eigenvalue weighted by atomic mass is 10.2. The topological polar surface area (TPSA) is 85.6 Å². The van der Waals surface area contributed by atoms with Gasteiger partial charge < -0.3 is 14.4 Å². The Hall–Kier alpha value is -1.58. The number of ether oxygens (including phenoxy) is 2. The molecular weight excluding hydrogens is 312 g/mol. The predicted molar refractivity (Wildman–Crippen MR) is 85.4 cm³/mol. The van der Waals surface area contributed by atoms with Crippen molar-refractivity contribution in [3.63, 3.8) is 0 Å². The van der Waals surface area contributed by atoms with Crippen LogP contribution in [0.4, 0.5) is 0 Å². The van der Waals surface area contributed by atoms with Gasteiger partial charge in [0.1, 0.15) is 5.82 Å². The van der Waals surface area contributed by atoms with Gasteiger partial charge in [-0.3, -0.25) is 9.69 Å². The molecule has 9 nitrogen and oxygen atoms in total. The average Bonchev–Trinajstić information content (AvgIpc) is 2.86. The summed E-state index contributed by atoms with van der Waals surface area (Å²) in [6.45, 7) is 8.77. The molecule has 0 aromatic carbocycles. The quantitative estimate of drug-likeness (QED) is 0.703. The van der Waals surface area contributed by atoms with Crippen molar-refractivity contribution in [2.45, 2.75) is 32.4 Å². The molecule has 2 saturated heterocycles. The molecule has 9 heteroatoms. The minimum Gasteiger partial charge on any atom is -0.379 e. The Labute approximate surface area is 141 Å². The summed E-state index contributed by atoms with van der Waals surface area (Å²) in [7, 11) is 0. The highest BCUT2D eigenvalue weighted by atomic mass is 16.5. The van der Waals surface area contributed by atoms with Crippen LogP contribution in [0, 0.1) is 6.92 Å².